The van der Waals surface area contributed by atoms with Crippen LogP contribution in [-0.2, 0) is 6.42 Å². The van der Waals surface area contributed by atoms with Gasteiger partial charge < -0.3 is 5.73 Å². The molecule has 0 spiro atoms. The minimum absolute atomic E-state index is 0.568. The fourth-order valence-electron chi connectivity index (χ4n) is 1.63. The third-order valence-electron chi connectivity index (χ3n) is 2.33. The highest BCUT2D eigenvalue weighted by molar-refractivity contribution is 6.45. The van der Waals surface area contributed by atoms with E-state index < -0.39 is 0 Å². The predicted octanol–water partition coefficient (Wildman–Crippen LogP) is 3.04. The Kier molecular flexibility index (Phi) is 3.10. The maximum absolute atomic E-state index is 6.11. The summed E-state index contributed by atoms with van der Waals surface area (Å²) in [4.78, 5) is 4.08. The second-order valence-corrected chi connectivity index (χ2v) is 4.08. The van der Waals surface area contributed by atoms with E-state index in [1.807, 2.05) is 12.1 Å². The summed E-state index contributed by atoms with van der Waals surface area (Å²) in [7, 11) is 0. The molecule has 0 atom stereocenters. The van der Waals surface area contributed by atoms with Crippen LogP contribution in [0.25, 0.3) is 10.8 Å². The van der Waals surface area contributed by atoms with Gasteiger partial charge in [0.25, 0.3) is 0 Å². The molecule has 2 nitrogen and oxygen atoms in total. The first-order valence-corrected chi connectivity index (χ1v) is 5.40. The number of nitrogens with zero attached hydrogens (tertiary/aromatic N) is 1. The molecule has 0 fully saturated rings. The second kappa shape index (κ2) is 4.35. The van der Waals surface area contributed by atoms with Gasteiger partial charge in [0, 0.05) is 23.2 Å². The molecule has 4 heteroatoms. The van der Waals surface area contributed by atoms with E-state index in [1.54, 1.807) is 12.4 Å². The summed E-state index contributed by atoms with van der Waals surface area (Å²) in [5, 5.41) is 3.11. The third-order valence-corrected chi connectivity index (χ3v) is 3.13. The number of fused-ring (bicyclic) bond motifs is 1. The smallest absolute Gasteiger partial charge is 0.0671 e. The molecule has 0 aliphatic heterocycles. The molecule has 0 aliphatic rings. The molecule has 2 aromatic rings. The van der Waals surface area contributed by atoms with E-state index in [9.17, 15) is 0 Å². The summed E-state index contributed by atoms with van der Waals surface area (Å²) in [6, 6.07) is 3.73. The lowest BCUT2D eigenvalue weighted by atomic mass is 10.0. The van der Waals surface area contributed by atoms with Crippen LogP contribution in [0.3, 0.4) is 0 Å². The third kappa shape index (κ3) is 1.93. The van der Waals surface area contributed by atoms with Crippen LogP contribution in [0.15, 0.2) is 24.5 Å². The molecule has 1 heterocycles. The van der Waals surface area contributed by atoms with E-state index in [0.29, 0.717) is 16.6 Å². The van der Waals surface area contributed by atoms with E-state index in [2.05, 4.69) is 4.98 Å². The van der Waals surface area contributed by atoms with Crippen molar-refractivity contribution in [2.24, 2.45) is 5.73 Å². The molecule has 0 amide bonds. The van der Waals surface area contributed by atoms with Gasteiger partial charge in [0.2, 0.25) is 0 Å². The van der Waals surface area contributed by atoms with Crippen molar-refractivity contribution in [1.29, 1.82) is 0 Å². The van der Waals surface area contributed by atoms with Gasteiger partial charge in [-0.1, -0.05) is 23.2 Å². The largest absolute Gasteiger partial charge is 0.330 e. The average Bonchev–Trinajstić information content (AvgIpc) is 2.26. The number of hydrogen-bond donors (Lipinski definition) is 1. The van der Waals surface area contributed by atoms with Crippen molar-refractivity contribution in [1.82, 2.24) is 4.98 Å². The lowest BCUT2D eigenvalue weighted by Crippen LogP contribution is -2.03. The van der Waals surface area contributed by atoms with Crippen molar-refractivity contribution in [3.63, 3.8) is 0 Å². The van der Waals surface area contributed by atoms with Crippen LogP contribution in [0, 0.1) is 0 Å². The first-order valence-electron chi connectivity index (χ1n) is 4.64. The fraction of sp³-hybridized carbons (Fsp3) is 0.182. The fourth-order valence-corrected chi connectivity index (χ4v) is 2.08. The standard InChI is InChI=1S/C11H10Cl2N2/c12-10-5-7(1-3-14)9-6-15-4-2-8(9)11(10)13/h2,4-6H,1,3,14H2. The van der Waals surface area contributed by atoms with Crippen LogP contribution in [0.4, 0.5) is 0 Å². The summed E-state index contributed by atoms with van der Waals surface area (Å²) in [6.07, 6.45) is 4.28. The second-order valence-electron chi connectivity index (χ2n) is 3.29. The van der Waals surface area contributed by atoms with E-state index >= 15 is 0 Å². The molecule has 2 rings (SSSR count). The van der Waals surface area contributed by atoms with E-state index in [0.717, 1.165) is 22.8 Å². The van der Waals surface area contributed by atoms with Gasteiger partial charge in [0.15, 0.2) is 0 Å². The average molecular weight is 241 g/mol. The van der Waals surface area contributed by atoms with Crippen LogP contribution < -0.4 is 5.73 Å². The number of pyridine rings is 1. The molecule has 0 saturated carbocycles. The number of aromatic nitrogens is 1. The highest BCUT2D eigenvalue weighted by Crippen LogP contribution is 2.32. The summed E-state index contributed by atoms with van der Waals surface area (Å²) in [6.45, 7) is 0.585. The molecule has 0 aliphatic carbocycles. The number of benzene rings is 1. The Balaban J connectivity index is 2.76. The minimum Gasteiger partial charge on any atom is -0.330 e. The van der Waals surface area contributed by atoms with Crippen molar-refractivity contribution < 1.29 is 0 Å². The Labute approximate surface area is 98.0 Å². The first-order chi connectivity index (χ1) is 7.24. The molecule has 2 N–H and O–H groups in total. The van der Waals surface area contributed by atoms with Crippen LogP contribution in [0.2, 0.25) is 10.0 Å². The summed E-state index contributed by atoms with van der Waals surface area (Å²) in [5.41, 5.74) is 6.64. The number of hydrogen-bond acceptors (Lipinski definition) is 2. The van der Waals surface area contributed by atoms with Gasteiger partial charge in [-0.2, -0.15) is 0 Å². The van der Waals surface area contributed by atoms with Gasteiger partial charge in [0.05, 0.1) is 10.0 Å². The molecule has 0 bridgehead atoms. The zero-order valence-electron chi connectivity index (χ0n) is 8.00. The van der Waals surface area contributed by atoms with E-state index in [-0.39, 0.29) is 0 Å². The maximum atomic E-state index is 6.11. The molecule has 0 saturated heterocycles. The van der Waals surface area contributed by atoms with Crippen LogP contribution >= 0.6 is 23.2 Å². The number of rotatable bonds is 2. The zero-order valence-corrected chi connectivity index (χ0v) is 9.52. The monoisotopic (exact) mass is 240 g/mol. The highest BCUT2D eigenvalue weighted by Gasteiger charge is 2.08. The van der Waals surface area contributed by atoms with Crippen LogP contribution in [-0.4, -0.2) is 11.5 Å². The molecular weight excluding hydrogens is 231 g/mol. The normalized spacial score (nSPS) is 10.9. The number of halogens is 2. The Bertz CT molecular complexity index is 497. The first kappa shape index (κ1) is 10.7. The molecule has 15 heavy (non-hydrogen) atoms. The van der Waals surface area contributed by atoms with Crippen molar-refractivity contribution in [3.05, 3.63) is 40.1 Å². The Morgan fingerprint density at radius 1 is 1.27 bits per heavy atom. The molecule has 78 valence electrons. The van der Waals surface area contributed by atoms with E-state index in [1.165, 1.54) is 0 Å². The van der Waals surface area contributed by atoms with Gasteiger partial charge >= 0.3 is 0 Å². The Hall–Kier alpha value is -0.830. The van der Waals surface area contributed by atoms with Gasteiger partial charge in [0.1, 0.15) is 0 Å². The molecule has 0 unspecified atom stereocenters. The summed E-state index contributed by atoms with van der Waals surface area (Å²) < 4.78 is 0. The lowest BCUT2D eigenvalue weighted by Gasteiger charge is -2.08. The summed E-state index contributed by atoms with van der Waals surface area (Å²) in [5.74, 6) is 0. The van der Waals surface area contributed by atoms with Crippen molar-refractivity contribution in [2.45, 2.75) is 6.42 Å². The minimum atomic E-state index is 0.568. The van der Waals surface area contributed by atoms with Crippen LogP contribution in [0.1, 0.15) is 5.56 Å². The Morgan fingerprint density at radius 2 is 2.07 bits per heavy atom. The summed E-state index contributed by atoms with van der Waals surface area (Å²) >= 11 is 12.1. The Morgan fingerprint density at radius 3 is 2.80 bits per heavy atom. The molecular formula is C11H10Cl2N2. The maximum Gasteiger partial charge on any atom is 0.0671 e. The van der Waals surface area contributed by atoms with E-state index in [4.69, 9.17) is 28.9 Å². The lowest BCUT2D eigenvalue weighted by molar-refractivity contribution is 0.976. The number of nitrogens with two attached hydrogens (primary N) is 1. The molecule has 1 aromatic carbocycles. The quantitative estimate of drug-likeness (QED) is 0.877. The highest BCUT2D eigenvalue weighted by atomic mass is 35.5. The van der Waals surface area contributed by atoms with Crippen molar-refractivity contribution >= 4 is 34.0 Å². The zero-order chi connectivity index (χ0) is 10.8. The topological polar surface area (TPSA) is 38.9 Å². The SMILES string of the molecule is NCCc1cc(Cl)c(Cl)c2ccncc12. The van der Waals surface area contributed by atoms with Gasteiger partial charge in [-0.15, -0.1) is 0 Å². The predicted molar refractivity (Wildman–Crippen MR) is 64.5 cm³/mol. The van der Waals surface area contributed by atoms with Gasteiger partial charge in [-0.05, 0) is 30.7 Å². The van der Waals surface area contributed by atoms with Crippen molar-refractivity contribution in [3.8, 4) is 0 Å². The van der Waals surface area contributed by atoms with Crippen LogP contribution in [0.5, 0.6) is 0 Å². The molecule has 1 aromatic heterocycles. The van der Waals surface area contributed by atoms with Gasteiger partial charge in [-0.25, -0.2) is 0 Å². The van der Waals surface area contributed by atoms with Crippen molar-refractivity contribution in [2.75, 3.05) is 6.54 Å². The molecule has 0 radical (unpaired) electrons. The van der Waals surface area contributed by atoms with Gasteiger partial charge in [-0.3, -0.25) is 4.98 Å².